The first-order chi connectivity index (χ1) is 20.3. The van der Waals surface area contributed by atoms with E-state index in [1.165, 1.54) is 21.5 Å². The van der Waals surface area contributed by atoms with Crippen LogP contribution in [0.1, 0.15) is 0 Å². The lowest BCUT2D eigenvalue weighted by atomic mass is 9.99. The quantitative estimate of drug-likeness (QED) is 0.215. The summed E-state index contributed by atoms with van der Waals surface area (Å²) in [6, 6.07) is 48.9. The number of para-hydroxylation sites is 4. The van der Waals surface area contributed by atoms with E-state index in [4.69, 9.17) is 8.83 Å². The molecule has 3 heteroatoms. The summed E-state index contributed by atoms with van der Waals surface area (Å²) in [5.74, 6) is 0. The molecule has 3 nitrogen and oxygen atoms in total. The molecule has 0 bridgehead atoms. The van der Waals surface area contributed by atoms with E-state index in [2.05, 4.69) is 120 Å². The topological polar surface area (TPSA) is 29.5 Å². The van der Waals surface area contributed by atoms with Gasteiger partial charge in [-0.25, -0.2) is 0 Å². The molecule has 9 rings (SSSR count). The van der Waals surface area contributed by atoms with Crippen molar-refractivity contribution in [3.8, 4) is 0 Å². The highest BCUT2D eigenvalue weighted by atomic mass is 16.3. The van der Waals surface area contributed by atoms with Crippen LogP contribution in [0.5, 0.6) is 0 Å². The van der Waals surface area contributed by atoms with Gasteiger partial charge in [0.2, 0.25) is 0 Å². The summed E-state index contributed by atoms with van der Waals surface area (Å²) in [4.78, 5) is 2.32. The number of hydrogen-bond acceptors (Lipinski definition) is 3. The van der Waals surface area contributed by atoms with Crippen molar-refractivity contribution in [1.29, 1.82) is 0 Å². The Morgan fingerprint density at radius 3 is 1.46 bits per heavy atom. The van der Waals surface area contributed by atoms with Crippen LogP contribution in [-0.2, 0) is 0 Å². The summed E-state index contributed by atoms with van der Waals surface area (Å²) in [6.07, 6.45) is 0. The van der Waals surface area contributed by atoms with Gasteiger partial charge in [0.05, 0.1) is 17.1 Å². The van der Waals surface area contributed by atoms with Crippen molar-refractivity contribution in [2.24, 2.45) is 0 Å². The van der Waals surface area contributed by atoms with Crippen molar-refractivity contribution >= 4 is 82.5 Å². The highest BCUT2D eigenvalue weighted by molar-refractivity contribution is 6.19. The summed E-state index contributed by atoms with van der Waals surface area (Å²) in [5, 5.41) is 9.17. The number of hydrogen-bond donors (Lipinski definition) is 0. The third-order valence-corrected chi connectivity index (χ3v) is 8.24. The fraction of sp³-hybridized carbons (Fsp3) is 0. The Bertz CT molecular complexity index is 2330. The summed E-state index contributed by atoms with van der Waals surface area (Å²) >= 11 is 0. The lowest BCUT2D eigenvalue weighted by Crippen LogP contribution is -2.11. The Balaban J connectivity index is 1.46. The second kappa shape index (κ2) is 8.48. The first-order valence-corrected chi connectivity index (χ1v) is 13.9. The number of fused-ring (bicyclic) bond motifs is 9. The molecule has 0 aliphatic carbocycles. The normalized spacial score (nSPS) is 11.9. The maximum Gasteiger partial charge on any atom is 0.159 e. The Labute approximate surface area is 235 Å². The molecule has 9 aromatic rings. The zero-order valence-corrected chi connectivity index (χ0v) is 22.0. The molecule has 2 heterocycles. The van der Waals surface area contributed by atoms with Crippen molar-refractivity contribution in [1.82, 2.24) is 0 Å². The minimum absolute atomic E-state index is 0.846. The van der Waals surface area contributed by atoms with Crippen molar-refractivity contribution in [2.75, 3.05) is 4.90 Å². The Morgan fingerprint density at radius 2 is 0.805 bits per heavy atom. The van der Waals surface area contributed by atoms with Gasteiger partial charge in [-0.1, -0.05) is 109 Å². The van der Waals surface area contributed by atoms with Crippen LogP contribution in [0, 0.1) is 0 Å². The molecule has 0 spiro atoms. The highest BCUT2D eigenvalue weighted by Crippen LogP contribution is 2.48. The van der Waals surface area contributed by atoms with E-state index in [0.717, 1.165) is 60.9 Å². The van der Waals surface area contributed by atoms with Gasteiger partial charge in [0.15, 0.2) is 11.2 Å². The summed E-state index contributed by atoms with van der Waals surface area (Å²) in [6.45, 7) is 0. The maximum atomic E-state index is 6.61. The van der Waals surface area contributed by atoms with Gasteiger partial charge >= 0.3 is 0 Å². The summed E-state index contributed by atoms with van der Waals surface area (Å²) in [7, 11) is 0. The van der Waals surface area contributed by atoms with Crippen LogP contribution in [0.25, 0.3) is 65.4 Å². The summed E-state index contributed by atoms with van der Waals surface area (Å²) < 4.78 is 13.2. The second-order valence-corrected chi connectivity index (χ2v) is 10.5. The first kappa shape index (κ1) is 22.3. The van der Waals surface area contributed by atoms with E-state index in [0.29, 0.717) is 0 Å². The van der Waals surface area contributed by atoms with Crippen LogP contribution >= 0.6 is 0 Å². The van der Waals surface area contributed by atoms with Crippen molar-refractivity contribution in [3.05, 3.63) is 140 Å². The average Bonchev–Trinajstić information content (AvgIpc) is 3.61. The van der Waals surface area contributed by atoms with Gasteiger partial charge < -0.3 is 13.7 Å². The van der Waals surface area contributed by atoms with Crippen LogP contribution in [0.3, 0.4) is 0 Å². The molecule has 0 saturated carbocycles. The number of anilines is 3. The predicted octanol–water partition coefficient (Wildman–Crippen LogP) is 11.3. The fourth-order valence-electron chi connectivity index (χ4n) is 6.43. The molecule has 7 aromatic carbocycles. The SMILES string of the molecule is c1ccc2c(c1)ccc1cccc(N(c3cccc4c3oc3ccccc34)c3cccc4c3oc3ccccc34)c12. The molecule has 2 aromatic heterocycles. The molecule has 192 valence electrons. The third kappa shape index (κ3) is 3.20. The molecule has 0 aliphatic heterocycles. The third-order valence-electron chi connectivity index (χ3n) is 8.24. The van der Waals surface area contributed by atoms with E-state index in [-0.39, 0.29) is 0 Å². The van der Waals surface area contributed by atoms with E-state index < -0.39 is 0 Å². The van der Waals surface area contributed by atoms with Gasteiger partial charge in [-0.05, 0) is 46.5 Å². The molecule has 0 radical (unpaired) electrons. The molecule has 0 N–H and O–H groups in total. The molecule has 0 unspecified atom stereocenters. The van der Waals surface area contributed by atoms with Gasteiger partial charge in [-0.15, -0.1) is 0 Å². The van der Waals surface area contributed by atoms with Crippen LogP contribution in [0.4, 0.5) is 17.1 Å². The molecule has 0 amide bonds. The lowest BCUT2D eigenvalue weighted by molar-refractivity contribution is 0.666. The molecule has 0 aliphatic rings. The Morgan fingerprint density at radius 1 is 0.341 bits per heavy atom. The standard InChI is InChI=1S/C38H23NO2/c1-2-12-26-24(10-1)22-23-25-11-7-17-31(36(25)26)39(32-18-8-15-29-27-13-3-5-20-34(27)40-37(29)32)33-19-9-16-30-28-14-4-6-21-35(28)41-38(30)33/h1-23H. The lowest BCUT2D eigenvalue weighted by Gasteiger charge is -2.27. The zero-order valence-electron chi connectivity index (χ0n) is 22.0. The van der Waals surface area contributed by atoms with Gasteiger partial charge in [0, 0.05) is 26.9 Å². The Hall–Kier alpha value is -5.54. The second-order valence-electron chi connectivity index (χ2n) is 10.5. The van der Waals surface area contributed by atoms with E-state index >= 15 is 0 Å². The smallest absolute Gasteiger partial charge is 0.159 e. The molecular formula is C38H23NO2. The zero-order chi connectivity index (χ0) is 26.9. The largest absolute Gasteiger partial charge is 0.454 e. The molecular weight excluding hydrogens is 502 g/mol. The number of nitrogens with zero attached hydrogens (tertiary/aromatic N) is 1. The van der Waals surface area contributed by atoms with Gasteiger partial charge in [-0.2, -0.15) is 0 Å². The van der Waals surface area contributed by atoms with Crippen LogP contribution in [0.15, 0.2) is 148 Å². The molecule has 0 saturated heterocycles. The molecule has 41 heavy (non-hydrogen) atoms. The average molecular weight is 526 g/mol. The van der Waals surface area contributed by atoms with Crippen LogP contribution in [-0.4, -0.2) is 0 Å². The van der Waals surface area contributed by atoms with Crippen molar-refractivity contribution in [3.63, 3.8) is 0 Å². The predicted molar refractivity (Wildman–Crippen MR) is 171 cm³/mol. The van der Waals surface area contributed by atoms with Gasteiger partial charge in [-0.3, -0.25) is 0 Å². The maximum absolute atomic E-state index is 6.61. The van der Waals surface area contributed by atoms with E-state index in [1.807, 2.05) is 24.3 Å². The molecule has 0 fully saturated rings. The van der Waals surface area contributed by atoms with Crippen LogP contribution < -0.4 is 4.90 Å². The molecule has 0 atom stereocenters. The minimum Gasteiger partial charge on any atom is -0.454 e. The van der Waals surface area contributed by atoms with Crippen molar-refractivity contribution in [2.45, 2.75) is 0 Å². The number of benzene rings is 7. The Kier molecular flexibility index (Phi) is 4.61. The number of rotatable bonds is 3. The van der Waals surface area contributed by atoms with Crippen LogP contribution in [0.2, 0.25) is 0 Å². The summed E-state index contributed by atoms with van der Waals surface area (Å²) in [5.41, 5.74) is 6.44. The fourth-order valence-corrected chi connectivity index (χ4v) is 6.43. The van der Waals surface area contributed by atoms with Gasteiger partial charge in [0.1, 0.15) is 11.2 Å². The van der Waals surface area contributed by atoms with E-state index in [1.54, 1.807) is 0 Å². The first-order valence-electron chi connectivity index (χ1n) is 13.9. The highest BCUT2D eigenvalue weighted by Gasteiger charge is 2.24. The van der Waals surface area contributed by atoms with Crippen molar-refractivity contribution < 1.29 is 8.83 Å². The minimum atomic E-state index is 0.846. The number of furan rings is 2. The monoisotopic (exact) mass is 525 g/mol. The van der Waals surface area contributed by atoms with E-state index in [9.17, 15) is 0 Å². The van der Waals surface area contributed by atoms with Gasteiger partial charge in [0.25, 0.3) is 0 Å².